The highest BCUT2D eigenvalue weighted by Crippen LogP contribution is 2.43. The van der Waals surface area contributed by atoms with Crippen molar-refractivity contribution in [3.63, 3.8) is 0 Å². The Balaban J connectivity index is 2.04. The van der Waals surface area contributed by atoms with Crippen molar-refractivity contribution in [1.29, 1.82) is 5.26 Å². The van der Waals surface area contributed by atoms with Crippen molar-refractivity contribution in [2.45, 2.75) is 71.0 Å². The molecular formula is C24H28FN3. The monoisotopic (exact) mass is 377 g/mol. The van der Waals surface area contributed by atoms with E-state index < -0.39 is 0 Å². The van der Waals surface area contributed by atoms with Gasteiger partial charge in [0.2, 0.25) is 0 Å². The molecule has 1 atom stereocenters. The van der Waals surface area contributed by atoms with Crippen LogP contribution in [0.5, 0.6) is 0 Å². The third kappa shape index (κ3) is 2.94. The van der Waals surface area contributed by atoms with E-state index in [1.54, 1.807) is 13.0 Å². The first-order chi connectivity index (χ1) is 13.3. The van der Waals surface area contributed by atoms with E-state index in [1.807, 2.05) is 12.1 Å². The predicted molar refractivity (Wildman–Crippen MR) is 111 cm³/mol. The van der Waals surface area contributed by atoms with E-state index in [9.17, 15) is 9.65 Å². The average Bonchev–Trinajstić information content (AvgIpc) is 3.27. The molecule has 1 aliphatic heterocycles. The SMILES string of the molecule is Cc1cc2c(cc1F)c(C#N)c(C1C=CC=CN1C(C)(C)C)n2C1CCCC1. The minimum atomic E-state index is -0.245. The first-order valence-corrected chi connectivity index (χ1v) is 10.2. The zero-order valence-corrected chi connectivity index (χ0v) is 17.2. The summed E-state index contributed by atoms with van der Waals surface area (Å²) in [5, 5.41) is 10.8. The third-order valence-corrected chi connectivity index (χ3v) is 6.13. The second kappa shape index (κ2) is 6.81. The van der Waals surface area contributed by atoms with Gasteiger partial charge in [0.25, 0.3) is 0 Å². The normalized spacial score (nSPS) is 20.3. The van der Waals surface area contributed by atoms with Crippen molar-refractivity contribution in [2.75, 3.05) is 0 Å². The highest BCUT2D eigenvalue weighted by atomic mass is 19.1. The van der Waals surface area contributed by atoms with E-state index in [4.69, 9.17) is 0 Å². The van der Waals surface area contributed by atoms with Crippen LogP contribution in [0.1, 0.15) is 75.4 Å². The summed E-state index contributed by atoms with van der Waals surface area (Å²) in [6.45, 7) is 8.35. The average molecular weight is 378 g/mol. The maximum Gasteiger partial charge on any atom is 0.126 e. The summed E-state index contributed by atoms with van der Waals surface area (Å²) in [6, 6.07) is 6.23. The summed E-state index contributed by atoms with van der Waals surface area (Å²) in [7, 11) is 0. The van der Waals surface area contributed by atoms with Gasteiger partial charge in [-0.05, 0) is 64.3 Å². The highest BCUT2D eigenvalue weighted by Gasteiger charge is 2.35. The van der Waals surface area contributed by atoms with Crippen molar-refractivity contribution < 1.29 is 4.39 Å². The number of hydrogen-bond acceptors (Lipinski definition) is 2. The number of aryl methyl sites for hydroxylation is 1. The second-order valence-corrected chi connectivity index (χ2v) is 9.05. The van der Waals surface area contributed by atoms with Crippen LogP contribution in [-0.4, -0.2) is 15.0 Å². The number of nitrogens with zero attached hydrogens (tertiary/aromatic N) is 3. The maximum absolute atomic E-state index is 14.4. The van der Waals surface area contributed by atoms with Gasteiger partial charge in [-0.25, -0.2) is 4.39 Å². The number of fused-ring (bicyclic) bond motifs is 1. The molecule has 0 radical (unpaired) electrons. The van der Waals surface area contributed by atoms with E-state index >= 15 is 0 Å². The van der Waals surface area contributed by atoms with E-state index in [2.05, 4.69) is 54.7 Å². The van der Waals surface area contributed by atoms with Crippen molar-refractivity contribution in [2.24, 2.45) is 0 Å². The molecule has 1 fully saturated rings. The van der Waals surface area contributed by atoms with Crippen LogP contribution in [0, 0.1) is 24.1 Å². The molecule has 1 unspecified atom stereocenters. The first-order valence-electron chi connectivity index (χ1n) is 10.2. The topological polar surface area (TPSA) is 32.0 Å². The number of aromatic nitrogens is 1. The van der Waals surface area contributed by atoms with E-state index in [0.717, 1.165) is 29.4 Å². The Bertz CT molecular complexity index is 1010. The summed E-state index contributed by atoms with van der Waals surface area (Å²) in [5.41, 5.74) is 3.14. The molecule has 2 aromatic rings. The maximum atomic E-state index is 14.4. The third-order valence-electron chi connectivity index (χ3n) is 6.13. The smallest absolute Gasteiger partial charge is 0.126 e. The number of allylic oxidation sites excluding steroid dienone is 2. The Morgan fingerprint density at radius 2 is 1.86 bits per heavy atom. The molecule has 1 aromatic carbocycles. The summed E-state index contributed by atoms with van der Waals surface area (Å²) < 4.78 is 16.8. The summed E-state index contributed by atoms with van der Waals surface area (Å²) in [5.74, 6) is -0.245. The molecule has 1 aliphatic carbocycles. The van der Waals surface area contributed by atoms with Gasteiger partial charge in [0, 0.05) is 23.2 Å². The largest absolute Gasteiger partial charge is 0.361 e. The fraction of sp³-hybridized carbons (Fsp3) is 0.458. The van der Waals surface area contributed by atoms with Crippen LogP contribution in [0.15, 0.2) is 36.6 Å². The Labute approximate surface area is 166 Å². The van der Waals surface area contributed by atoms with Gasteiger partial charge >= 0.3 is 0 Å². The van der Waals surface area contributed by atoms with Gasteiger partial charge < -0.3 is 9.47 Å². The molecule has 2 heterocycles. The predicted octanol–water partition coefficient (Wildman–Crippen LogP) is 6.30. The fourth-order valence-electron chi connectivity index (χ4n) is 4.78. The van der Waals surface area contributed by atoms with Crippen LogP contribution >= 0.6 is 0 Å². The zero-order valence-electron chi connectivity index (χ0n) is 17.2. The number of rotatable bonds is 2. The standard InChI is InChI=1S/C24H28FN3/c1-16-13-22-18(14-20(16)25)19(15-26)23(28(22)17-9-5-6-10-17)21-11-7-8-12-27(21)24(2,3)4/h7-8,11-14,17,21H,5-6,9-10H2,1-4H3. The molecule has 4 rings (SSSR count). The van der Waals surface area contributed by atoms with Gasteiger partial charge in [-0.3, -0.25) is 0 Å². The number of nitriles is 1. The fourth-order valence-corrected chi connectivity index (χ4v) is 4.78. The Morgan fingerprint density at radius 3 is 2.50 bits per heavy atom. The Morgan fingerprint density at radius 1 is 1.14 bits per heavy atom. The van der Waals surface area contributed by atoms with Gasteiger partial charge in [-0.1, -0.05) is 25.0 Å². The number of halogens is 1. The molecule has 3 nitrogen and oxygen atoms in total. The van der Waals surface area contributed by atoms with Crippen molar-refractivity contribution in [3.8, 4) is 6.07 Å². The first kappa shape index (κ1) is 18.8. The molecule has 2 aliphatic rings. The van der Waals surface area contributed by atoms with Crippen LogP contribution in [0.25, 0.3) is 10.9 Å². The van der Waals surface area contributed by atoms with E-state index in [-0.39, 0.29) is 17.4 Å². The molecule has 0 amide bonds. The molecular weight excluding hydrogens is 349 g/mol. The van der Waals surface area contributed by atoms with Crippen LogP contribution in [-0.2, 0) is 0 Å². The van der Waals surface area contributed by atoms with E-state index in [0.29, 0.717) is 17.2 Å². The molecule has 146 valence electrons. The van der Waals surface area contributed by atoms with Crippen LogP contribution in [0.3, 0.4) is 0 Å². The molecule has 0 saturated heterocycles. The van der Waals surface area contributed by atoms with Crippen molar-refractivity contribution >= 4 is 10.9 Å². The molecule has 0 bridgehead atoms. The second-order valence-electron chi connectivity index (χ2n) is 9.05. The molecule has 0 spiro atoms. The van der Waals surface area contributed by atoms with Crippen LogP contribution in [0.2, 0.25) is 0 Å². The lowest BCUT2D eigenvalue weighted by Crippen LogP contribution is -2.41. The minimum absolute atomic E-state index is 0.0454. The lowest BCUT2D eigenvalue weighted by molar-refractivity contribution is 0.163. The lowest BCUT2D eigenvalue weighted by Gasteiger charge is -2.42. The van der Waals surface area contributed by atoms with Crippen LogP contribution < -0.4 is 0 Å². The molecule has 1 aromatic heterocycles. The van der Waals surface area contributed by atoms with Crippen molar-refractivity contribution in [3.05, 3.63) is 59.2 Å². The van der Waals surface area contributed by atoms with E-state index in [1.165, 1.54) is 12.8 Å². The van der Waals surface area contributed by atoms with Crippen molar-refractivity contribution in [1.82, 2.24) is 9.47 Å². The zero-order chi connectivity index (χ0) is 20.1. The Hall–Kier alpha value is -2.54. The summed E-state index contributed by atoms with van der Waals surface area (Å²) >= 11 is 0. The number of hydrogen-bond donors (Lipinski definition) is 0. The highest BCUT2D eigenvalue weighted by molar-refractivity contribution is 5.89. The molecule has 0 N–H and O–H groups in total. The van der Waals surface area contributed by atoms with Gasteiger partial charge in [-0.15, -0.1) is 0 Å². The molecule has 4 heteroatoms. The molecule has 1 saturated carbocycles. The van der Waals surface area contributed by atoms with Gasteiger partial charge in [-0.2, -0.15) is 5.26 Å². The quantitative estimate of drug-likeness (QED) is 0.615. The summed E-state index contributed by atoms with van der Waals surface area (Å²) in [4.78, 5) is 2.30. The number of benzene rings is 1. The minimum Gasteiger partial charge on any atom is -0.361 e. The Kier molecular flexibility index (Phi) is 4.57. The van der Waals surface area contributed by atoms with Gasteiger partial charge in [0.15, 0.2) is 0 Å². The molecule has 28 heavy (non-hydrogen) atoms. The van der Waals surface area contributed by atoms with Gasteiger partial charge in [0.05, 0.1) is 22.8 Å². The van der Waals surface area contributed by atoms with Gasteiger partial charge in [0.1, 0.15) is 11.9 Å². The lowest BCUT2D eigenvalue weighted by atomic mass is 9.97. The summed E-state index contributed by atoms with van der Waals surface area (Å²) in [6.07, 6.45) is 13.0. The van der Waals surface area contributed by atoms with Crippen LogP contribution in [0.4, 0.5) is 4.39 Å².